The molecular weight excluding hydrogens is 257 g/mol. The summed E-state index contributed by atoms with van der Waals surface area (Å²) >= 11 is 0. The van der Waals surface area contributed by atoms with Gasteiger partial charge in [0.15, 0.2) is 11.6 Å². The molecule has 1 aromatic carbocycles. The minimum Gasteiger partial charge on any atom is -0.494 e. The number of methoxy groups -OCH3 is 1. The molecule has 0 saturated carbocycles. The number of likely N-dealkylation sites (tertiary alicyclic amines) is 1. The standard InChI is InChI=1S/C16H24FNO2/c1-16(2,18-9-5-4-6-10-18)15(19)12-7-8-14(20-3)13(17)11-12/h7-8,11,15,19H,4-6,9-10H2,1-3H3. The van der Waals surface area contributed by atoms with E-state index in [0.717, 1.165) is 25.9 Å². The molecule has 1 N–H and O–H groups in total. The van der Waals surface area contributed by atoms with E-state index in [4.69, 9.17) is 4.74 Å². The average molecular weight is 281 g/mol. The quantitative estimate of drug-likeness (QED) is 0.920. The van der Waals surface area contributed by atoms with E-state index < -0.39 is 17.5 Å². The molecule has 1 aliphatic rings. The molecule has 0 aromatic heterocycles. The lowest BCUT2D eigenvalue weighted by Crippen LogP contribution is -2.50. The van der Waals surface area contributed by atoms with Crippen LogP contribution in [-0.4, -0.2) is 35.7 Å². The highest BCUT2D eigenvalue weighted by atomic mass is 19.1. The first kappa shape index (κ1) is 15.3. The van der Waals surface area contributed by atoms with E-state index in [1.807, 2.05) is 13.8 Å². The van der Waals surface area contributed by atoms with Crippen molar-refractivity contribution in [3.8, 4) is 5.75 Å². The molecule has 1 saturated heterocycles. The van der Waals surface area contributed by atoms with Crippen molar-refractivity contribution in [3.05, 3.63) is 29.6 Å². The van der Waals surface area contributed by atoms with Crippen molar-refractivity contribution in [2.75, 3.05) is 20.2 Å². The minimum absolute atomic E-state index is 0.205. The fourth-order valence-corrected chi connectivity index (χ4v) is 2.90. The Hall–Kier alpha value is -1.13. The van der Waals surface area contributed by atoms with E-state index in [-0.39, 0.29) is 5.75 Å². The van der Waals surface area contributed by atoms with Gasteiger partial charge in [-0.1, -0.05) is 12.5 Å². The first-order chi connectivity index (χ1) is 9.46. The number of hydrogen-bond donors (Lipinski definition) is 1. The molecule has 3 nitrogen and oxygen atoms in total. The van der Waals surface area contributed by atoms with Crippen molar-refractivity contribution in [1.29, 1.82) is 0 Å². The molecule has 1 atom stereocenters. The number of piperidine rings is 1. The lowest BCUT2D eigenvalue weighted by Gasteiger charge is -2.44. The van der Waals surface area contributed by atoms with Crippen molar-refractivity contribution in [2.45, 2.75) is 44.8 Å². The van der Waals surface area contributed by atoms with Crippen LogP contribution in [0.3, 0.4) is 0 Å². The summed E-state index contributed by atoms with van der Waals surface area (Å²) in [5.41, 5.74) is 0.195. The fraction of sp³-hybridized carbons (Fsp3) is 0.625. The molecule has 20 heavy (non-hydrogen) atoms. The van der Waals surface area contributed by atoms with E-state index >= 15 is 0 Å². The number of halogens is 1. The van der Waals surface area contributed by atoms with Gasteiger partial charge in [-0.05, 0) is 57.5 Å². The van der Waals surface area contributed by atoms with Gasteiger partial charge in [-0.2, -0.15) is 0 Å². The summed E-state index contributed by atoms with van der Waals surface area (Å²) in [4.78, 5) is 2.29. The van der Waals surface area contributed by atoms with Gasteiger partial charge in [-0.3, -0.25) is 4.90 Å². The topological polar surface area (TPSA) is 32.7 Å². The first-order valence-corrected chi connectivity index (χ1v) is 7.23. The maximum absolute atomic E-state index is 13.8. The second kappa shape index (κ2) is 6.10. The van der Waals surface area contributed by atoms with E-state index in [1.165, 1.54) is 19.6 Å². The second-order valence-corrected chi connectivity index (χ2v) is 6.00. The van der Waals surface area contributed by atoms with Crippen LogP contribution in [0.2, 0.25) is 0 Å². The molecule has 112 valence electrons. The molecule has 1 aliphatic heterocycles. The Balaban J connectivity index is 2.20. The van der Waals surface area contributed by atoms with Crippen LogP contribution in [-0.2, 0) is 0 Å². The summed E-state index contributed by atoms with van der Waals surface area (Å²) in [6.07, 6.45) is 2.85. The molecule has 4 heteroatoms. The fourth-order valence-electron chi connectivity index (χ4n) is 2.90. The van der Waals surface area contributed by atoms with E-state index in [1.54, 1.807) is 12.1 Å². The summed E-state index contributed by atoms with van der Waals surface area (Å²) in [7, 11) is 1.44. The molecule has 2 rings (SSSR count). The SMILES string of the molecule is COc1ccc(C(O)C(C)(C)N2CCCCC2)cc1F. The van der Waals surface area contributed by atoms with Crippen LogP contribution >= 0.6 is 0 Å². The van der Waals surface area contributed by atoms with Crippen molar-refractivity contribution >= 4 is 0 Å². The van der Waals surface area contributed by atoms with Crippen LogP contribution in [0, 0.1) is 5.82 Å². The van der Waals surface area contributed by atoms with E-state index in [0.29, 0.717) is 5.56 Å². The van der Waals surface area contributed by atoms with Crippen LogP contribution in [0.1, 0.15) is 44.8 Å². The van der Waals surface area contributed by atoms with Crippen LogP contribution < -0.4 is 4.74 Å². The summed E-state index contributed by atoms with van der Waals surface area (Å²) in [6, 6.07) is 4.67. The van der Waals surface area contributed by atoms with Gasteiger partial charge in [0.1, 0.15) is 0 Å². The van der Waals surface area contributed by atoms with Gasteiger partial charge in [0.25, 0.3) is 0 Å². The monoisotopic (exact) mass is 281 g/mol. The summed E-state index contributed by atoms with van der Waals surface area (Å²) in [5, 5.41) is 10.6. The molecule has 1 fully saturated rings. The van der Waals surface area contributed by atoms with E-state index in [2.05, 4.69) is 4.90 Å². The third kappa shape index (κ3) is 2.96. The Labute approximate surface area is 120 Å². The summed E-state index contributed by atoms with van der Waals surface area (Å²) in [6.45, 7) is 6.02. The number of aliphatic hydroxyl groups excluding tert-OH is 1. The Bertz CT molecular complexity index is 456. The molecule has 1 heterocycles. The Morgan fingerprint density at radius 3 is 2.45 bits per heavy atom. The van der Waals surface area contributed by atoms with Crippen LogP contribution in [0.4, 0.5) is 4.39 Å². The van der Waals surface area contributed by atoms with Crippen molar-refractivity contribution in [2.24, 2.45) is 0 Å². The summed E-state index contributed by atoms with van der Waals surface area (Å²) < 4.78 is 18.7. The summed E-state index contributed by atoms with van der Waals surface area (Å²) in [5.74, 6) is -0.227. The maximum Gasteiger partial charge on any atom is 0.165 e. The number of aliphatic hydroxyl groups is 1. The molecule has 0 spiro atoms. The number of nitrogens with zero attached hydrogens (tertiary/aromatic N) is 1. The number of ether oxygens (including phenoxy) is 1. The van der Waals surface area contributed by atoms with Crippen LogP contribution in [0.5, 0.6) is 5.75 Å². The molecule has 0 bridgehead atoms. The van der Waals surface area contributed by atoms with Gasteiger partial charge >= 0.3 is 0 Å². The van der Waals surface area contributed by atoms with Crippen molar-refractivity contribution in [3.63, 3.8) is 0 Å². The van der Waals surface area contributed by atoms with Gasteiger partial charge in [0.2, 0.25) is 0 Å². The number of rotatable bonds is 4. The van der Waals surface area contributed by atoms with E-state index in [9.17, 15) is 9.50 Å². The second-order valence-electron chi connectivity index (χ2n) is 6.00. The Morgan fingerprint density at radius 1 is 1.25 bits per heavy atom. The highest BCUT2D eigenvalue weighted by Crippen LogP contribution is 2.34. The highest BCUT2D eigenvalue weighted by Gasteiger charge is 2.36. The lowest BCUT2D eigenvalue weighted by atomic mass is 9.88. The van der Waals surface area contributed by atoms with Crippen LogP contribution in [0.15, 0.2) is 18.2 Å². The molecule has 1 aromatic rings. The normalized spacial score (nSPS) is 18.9. The first-order valence-electron chi connectivity index (χ1n) is 7.23. The highest BCUT2D eigenvalue weighted by molar-refractivity contribution is 5.31. The predicted octanol–water partition coefficient (Wildman–Crippen LogP) is 3.13. The average Bonchev–Trinajstić information content (AvgIpc) is 2.47. The predicted molar refractivity (Wildman–Crippen MR) is 77.4 cm³/mol. The zero-order valence-corrected chi connectivity index (χ0v) is 12.5. The maximum atomic E-state index is 13.8. The lowest BCUT2D eigenvalue weighted by molar-refractivity contribution is -0.0210. The zero-order chi connectivity index (χ0) is 14.8. The van der Waals surface area contributed by atoms with Gasteiger partial charge in [0, 0.05) is 5.54 Å². The zero-order valence-electron chi connectivity index (χ0n) is 12.5. The van der Waals surface area contributed by atoms with Gasteiger partial charge in [-0.25, -0.2) is 4.39 Å². The Kier molecular flexibility index (Phi) is 4.66. The van der Waals surface area contributed by atoms with Crippen molar-refractivity contribution in [1.82, 2.24) is 4.90 Å². The number of hydrogen-bond acceptors (Lipinski definition) is 3. The third-order valence-electron chi connectivity index (χ3n) is 4.33. The minimum atomic E-state index is -0.721. The smallest absolute Gasteiger partial charge is 0.165 e. The Morgan fingerprint density at radius 2 is 1.90 bits per heavy atom. The molecule has 0 radical (unpaired) electrons. The largest absolute Gasteiger partial charge is 0.494 e. The third-order valence-corrected chi connectivity index (χ3v) is 4.33. The molecule has 0 aliphatic carbocycles. The molecule has 0 amide bonds. The van der Waals surface area contributed by atoms with Gasteiger partial charge in [0.05, 0.1) is 13.2 Å². The van der Waals surface area contributed by atoms with Gasteiger partial charge < -0.3 is 9.84 Å². The van der Waals surface area contributed by atoms with Crippen molar-refractivity contribution < 1.29 is 14.2 Å². The molecular formula is C16H24FNO2. The molecule has 1 unspecified atom stereocenters. The van der Waals surface area contributed by atoms with Crippen LogP contribution in [0.25, 0.3) is 0 Å². The van der Waals surface area contributed by atoms with Gasteiger partial charge in [-0.15, -0.1) is 0 Å². The number of benzene rings is 1.